The molecular weight excluding hydrogens is 326 g/mol. The number of hydrogen-bond donors (Lipinski definition) is 1. The van der Waals surface area contributed by atoms with Crippen LogP contribution >= 0.6 is 15.9 Å². The molecule has 0 aliphatic heterocycles. The van der Waals surface area contributed by atoms with E-state index in [-0.39, 0.29) is 11.9 Å². The van der Waals surface area contributed by atoms with Crippen molar-refractivity contribution in [1.29, 1.82) is 0 Å². The van der Waals surface area contributed by atoms with Crippen molar-refractivity contribution in [3.05, 3.63) is 69.2 Å². The number of halogens is 1. The Kier molecular flexibility index (Phi) is 4.11. The fourth-order valence-corrected chi connectivity index (χ4v) is 3.33. The Hall–Kier alpha value is -1.61. The van der Waals surface area contributed by atoms with Crippen LogP contribution in [0.4, 0.5) is 0 Å². The van der Waals surface area contributed by atoms with E-state index in [4.69, 9.17) is 0 Å². The minimum absolute atomic E-state index is 0.00973. The Morgan fingerprint density at radius 3 is 2.71 bits per heavy atom. The van der Waals surface area contributed by atoms with E-state index in [1.807, 2.05) is 31.2 Å². The van der Waals surface area contributed by atoms with Gasteiger partial charge in [-0.25, -0.2) is 0 Å². The van der Waals surface area contributed by atoms with E-state index in [0.717, 1.165) is 10.9 Å². The van der Waals surface area contributed by atoms with Crippen molar-refractivity contribution in [3.8, 4) is 0 Å². The second kappa shape index (κ2) is 6.02. The number of benzene rings is 2. The zero-order valence-electron chi connectivity index (χ0n) is 12.0. The third-order valence-electron chi connectivity index (χ3n) is 4.09. The zero-order chi connectivity index (χ0) is 14.8. The van der Waals surface area contributed by atoms with Crippen LogP contribution in [0.1, 0.15) is 46.4 Å². The second-order valence-electron chi connectivity index (χ2n) is 5.56. The standard InChI is InChI=1S/C18H18BrNO/c1-12(14-10-9-13-5-4-6-15(13)11-14)20-18(21)16-7-2-3-8-17(16)19/h2-3,7-12H,4-6H2,1H3,(H,20,21)/t12-/m1/s1. The number of hydrogen-bond acceptors (Lipinski definition) is 1. The monoisotopic (exact) mass is 343 g/mol. The van der Waals surface area contributed by atoms with Crippen LogP contribution in [0, 0.1) is 0 Å². The molecule has 1 aliphatic rings. The third kappa shape index (κ3) is 3.03. The van der Waals surface area contributed by atoms with Gasteiger partial charge in [-0.2, -0.15) is 0 Å². The molecule has 2 nitrogen and oxygen atoms in total. The van der Waals surface area contributed by atoms with Crippen molar-refractivity contribution in [2.45, 2.75) is 32.2 Å². The molecule has 0 radical (unpaired) electrons. The second-order valence-corrected chi connectivity index (χ2v) is 6.41. The van der Waals surface area contributed by atoms with Gasteiger partial charge in [0.1, 0.15) is 0 Å². The lowest BCUT2D eigenvalue weighted by atomic mass is 10.0. The summed E-state index contributed by atoms with van der Waals surface area (Å²) in [5.41, 5.74) is 4.75. The minimum atomic E-state index is -0.0459. The molecule has 3 rings (SSSR count). The number of amides is 1. The maximum atomic E-state index is 12.3. The van der Waals surface area contributed by atoms with Crippen molar-refractivity contribution in [3.63, 3.8) is 0 Å². The number of fused-ring (bicyclic) bond motifs is 1. The van der Waals surface area contributed by atoms with Crippen molar-refractivity contribution in [1.82, 2.24) is 5.32 Å². The number of carbonyl (C=O) groups is 1. The van der Waals surface area contributed by atoms with Crippen LogP contribution < -0.4 is 5.32 Å². The predicted octanol–water partition coefficient (Wildman–Crippen LogP) is 4.43. The Bertz CT molecular complexity index is 681. The molecule has 0 saturated heterocycles. The summed E-state index contributed by atoms with van der Waals surface area (Å²) < 4.78 is 0.823. The molecule has 3 heteroatoms. The van der Waals surface area contributed by atoms with Crippen LogP contribution in [0.2, 0.25) is 0 Å². The summed E-state index contributed by atoms with van der Waals surface area (Å²) >= 11 is 3.42. The van der Waals surface area contributed by atoms with Gasteiger partial charge in [0.2, 0.25) is 0 Å². The third-order valence-corrected chi connectivity index (χ3v) is 4.78. The SMILES string of the molecule is C[C@@H](NC(=O)c1ccccc1Br)c1ccc2c(c1)CCC2. The van der Waals surface area contributed by atoms with Crippen molar-refractivity contribution < 1.29 is 4.79 Å². The summed E-state index contributed by atoms with van der Waals surface area (Å²) in [5.74, 6) is -0.0459. The van der Waals surface area contributed by atoms with E-state index in [1.165, 1.54) is 29.5 Å². The first-order valence-electron chi connectivity index (χ1n) is 7.32. The summed E-state index contributed by atoms with van der Waals surface area (Å²) in [7, 11) is 0. The number of rotatable bonds is 3. The van der Waals surface area contributed by atoms with Gasteiger partial charge in [-0.3, -0.25) is 4.79 Å². The average Bonchev–Trinajstić information content (AvgIpc) is 2.94. The smallest absolute Gasteiger partial charge is 0.252 e. The average molecular weight is 344 g/mol. The molecule has 108 valence electrons. The summed E-state index contributed by atoms with van der Waals surface area (Å²) in [6, 6.07) is 14.1. The summed E-state index contributed by atoms with van der Waals surface area (Å²) in [4.78, 5) is 12.3. The Labute approximate surface area is 133 Å². The molecule has 0 bridgehead atoms. The molecular formula is C18H18BrNO. The highest BCUT2D eigenvalue weighted by Gasteiger charge is 2.16. The molecule has 1 atom stereocenters. The fourth-order valence-electron chi connectivity index (χ4n) is 2.86. The molecule has 2 aromatic rings. The summed E-state index contributed by atoms with van der Waals surface area (Å²) in [5, 5.41) is 3.08. The van der Waals surface area contributed by atoms with E-state index >= 15 is 0 Å². The van der Waals surface area contributed by atoms with Crippen molar-refractivity contribution in [2.24, 2.45) is 0 Å². The molecule has 0 heterocycles. The van der Waals surface area contributed by atoms with E-state index < -0.39 is 0 Å². The Morgan fingerprint density at radius 1 is 1.14 bits per heavy atom. The van der Waals surface area contributed by atoms with Gasteiger partial charge in [0.15, 0.2) is 0 Å². The largest absolute Gasteiger partial charge is 0.345 e. The van der Waals surface area contributed by atoms with Crippen LogP contribution in [0.25, 0.3) is 0 Å². The zero-order valence-corrected chi connectivity index (χ0v) is 13.6. The summed E-state index contributed by atoms with van der Waals surface area (Å²) in [6.07, 6.45) is 3.60. The first-order chi connectivity index (χ1) is 10.1. The molecule has 2 aromatic carbocycles. The van der Waals surface area contributed by atoms with Crippen molar-refractivity contribution >= 4 is 21.8 Å². The van der Waals surface area contributed by atoms with E-state index in [1.54, 1.807) is 0 Å². The van der Waals surface area contributed by atoms with Crippen LogP contribution in [0.15, 0.2) is 46.9 Å². The maximum absolute atomic E-state index is 12.3. The highest BCUT2D eigenvalue weighted by atomic mass is 79.9. The first kappa shape index (κ1) is 14.3. The lowest BCUT2D eigenvalue weighted by molar-refractivity contribution is 0.0939. The lowest BCUT2D eigenvalue weighted by Gasteiger charge is -2.16. The molecule has 0 spiro atoms. The van der Waals surface area contributed by atoms with E-state index in [9.17, 15) is 4.79 Å². The minimum Gasteiger partial charge on any atom is -0.345 e. The Morgan fingerprint density at radius 2 is 1.90 bits per heavy atom. The molecule has 1 amide bonds. The number of carbonyl (C=O) groups excluding carboxylic acids is 1. The predicted molar refractivity (Wildman–Crippen MR) is 88.5 cm³/mol. The van der Waals surface area contributed by atoms with Gasteiger partial charge >= 0.3 is 0 Å². The summed E-state index contributed by atoms with van der Waals surface area (Å²) in [6.45, 7) is 2.03. The van der Waals surface area contributed by atoms with Crippen LogP contribution in [0.3, 0.4) is 0 Å². The molecule has 1 aliphatic carbocycles. The van der Waals surface area contributed by atoms with Gasteiger partial charge in [-0.05, 0) is 70.9 Å². The highest BCUT2D eigenvalue weighted by Crippen LogP contribution is 2.25. The van der Waals surface area contributed by atoms with Gasteiger partial charge in [-0.15, -0.1) is 0 Å². The van der Waals surface area contributed by atoms with Gasteiger partial charge in [0, 0.05) is 4.47 Å². The molecule has 1 N–H and O–H groups in total. The molecule has 0 aromatic heterocycles. The van der Waals surface area contributed by atoms with Gasteiger partial charge < -0.3 is 5.32 Å². The quantitative estimate of drug-likeness (QED) is 0.877. The van der Waals surface area contributed by atoms with Gasteiger partial charge in [0.25, 0.3) is 5.91 Å². The van der Waals surface area contributed by atoms with E-state index in [0.29, 0.717) is 5.56 Å². The van der Waals surface area contributed by atoms with Gasteiger partial charge in [-0.1, -0.05) is 30.3 Å². The molecule has 0 saturated carbocycles. The van der Waals surface area contributed by atoms with E-state index in [2.05, 4.69) is 39.4 Å². The lowest BCUT2D eigenvalue weighted by Crippen LogP contribution is -2.27. The van der Waals surface area contributed by atoms with Crippen LogP contribution in [-0.4, -0.2) is 5.91 Å². The molecule has 0 fully saturated rings. The molecule has 21 heavy (non-hydrogen) atoms. The van der Waals surface area contributed by atoms with Gasteiger partial charge in [0.05, 0.1) is 11.6 Å². The topological polar surface area (TPSA) is 29.1 Å². The molecule has 0 unspecified atom stereocenters. The fraction of sp³-hybridized carbons (Fsp3) is 0.278. The number of aryl methyl sites for hydroxylation is 2. The first-order valence-corrected chi connectivity index (χ1v) is 8.11. The number of nitrogens with one attached hydrogen (secondary N) is 1. The highest BCUT2D eigenvalue weighted by molar-refractivity contribution is 9.10. The van der Waals surface area contributed by atoms with Crippen LogP contribution in [-0.2, 0) is 12.8 Å². The Balaban J connectivity index is 1.76. The normalized spacial score (nSPS) is 14.6. The van der Waals surface area contributed by atoms with Crippen LogP contribution in [0.5, 0.6) is 0 Å². The maximum Gasteiger partial charge on any atom is 0.252 e. The van der Waals surface area contributed by atoms with Crippen molar-refractivity contribution in [2.75, 3.05) is 0 Å².